The fourth-order valence-electron chi connectivity index (χ4n) is 1.94. The van der Waals surface area contributed by atoms with Gasteiger partial charge in [-0.2, -0.15) is 0 Å². The molecule has 1 aromatic carbocycles. The van der Waals surface area contributed by atoms with E-state index in [0.29, 0.717) is 13.2 Å². The molecule has 0 spiro atoms. The third-order valence-corrected chi connectivity index (χ3v) is 3.33. The van der Waals surface area contributed by atoms with Gasteiger partial charge in [0.2, 0.25) is 0 Å². The smallest absolute Gasteiger partial charge is 0.122 e. The van der Waals surface area contributed by atoms with Crippen LogP contribution in [0.4, 0.5) is 0 Å². The van der Waals surface area contributed by atoms with Crippen LogP contribution in [-0.2, 0) is 0 Å². The van der Waals surface area contributed by atoms with E-state index in [9.17, 15) is 5.11 Å². The van der Waals surface area contributed by atoms with Gasteiger partial charge in [-0.15, -0.1) is 0 Å². The summed E-state index contributed by atoms with van der Waals surface area (Å²) in [6, 6.07) is 7.87. The van der Waals surface area contributed by atoms with Gasteiger partial charge in [-0.3, -0.25) is 0 Å². The van der Waals surface area contributed by atoms with Crippen LogP contribution in [0.1, 0.15) is 24.8 Å². The van der Waals surface area contributed by atoms with Gasteiger partial charge in [0.1, 0.15) is 18.5 Å². The second-order valence-electron chi connectivity index (χ2n) is 5.17. The maximum absolute atomic E-state index is 9.79. The van der Waals surface area contributed by atoms with Crippen LogP contribution in [0.25, 0.3) is 0 Å². The van der Waals surface area contributed by atoms with Gasteiger partial charge in [0.25, 0.3) is 0 Å². The Balaban J connectivity index is 1.58. The summed E-state index contributed by atoms with van der Waals surface area (Å²) in [6.45, 7) is 3.97. The molecule has 3 heteroatoms. The Morgan fingerprint density at radius 3 is 2.89 bits per heavy atom. The van der Waals surface area contributed by atoms with E-state index in [1.54, 1.807) is 0 Å². The van der Waals surface area contributed by atoms with Crippen LogP contribution in [0.2, 0.25) is 0 Å². The van der Waals surface area contributed by atoms with Crippen LogP contribution >= 0.6 is 0 Å². The molecule has 1 atom stereocenters. The van der Waals surface area contributed by atoms with Crippen molar-refractivity contribution in [3.05, 3.63) is 29.8 Å². The lowest BCUT2D eigenvalue weighted by Crippen LogP contribution is -2.32. The Labute approximate surface area is 109 Å². The SMILES string of the molecule is Cc1ccccc1OCC(O)CNCCC1CC1. The zero-order valence-electron chi connectivity index (χ0n) is 11.1. The normalized spacial score (nSPS) is 16.6. The number of aliphatic hydroxyl groups is 1. The fourth-order valence-corrected chi connectivity index (χ4v) is 1.94. The molecule has 0 heterocycles. The first-order chi connectivity index (χ1) is 8.75. The highest BCUT2D eigenvalue weighted by Crippen LogP contribution is 2.31. The minimum absolute atomic E-state index is 0.348. The quantitative estimate of drug-likeness (QED) is 0.693. The number of ether oxygens (including phenoxy) is 1. The number of para-hydroxylation sites is 1. The molecule has 1 aromatic rings. The van der Waals surface area contributed by atoms with E-state index in [1.807, 2.05) is 31.2 Å². The average molecular weight is 249 g/mol. The summed E-state index contributed by atoms with van der Waals surface area (Å²) in [5.41, 5.74) is 1.10. The number of nitrogens with one attached hydrogen (secondary N) is 1. The molecule has 2 rings (SSSR count). The van der Waals surface area contributed by atoms with Crippen LogP contribution in [0.3, 0.4) is 0 Å². The fraction of sp³-hybridized carbons (Fsp3) is 0.600. The summed E-state index contributed by atoms with van der Waals surface area (Å²) < 4.78 is 5.60. The molecule has 0 aromatic heterocycles. The molecule has 18 heavy (non-hydrogen) atoms. The predicted octanol–water partition coefficient (Wildman–Crippen LogP) is 2.12. The Kier molecular flexibility index (Phi) is 5.02. The predicted molar refractivity (Wildman–Crippen MR) is 72.9 cm³/mol. The van der Waals surface area contributed by atoms with Crippen molar-refractivity contribution in [2.45, 2.75) is 32.3 Å². The van der Waals surface area contributed by atoms with Crippen LogP contribution in [0.5, 0.6) is 5.75 Å². The third-order valence-electron chi connectivity index (χ3n) is 3.33. The molecule has 1 unspecified atom stereocenters. The molecule has 1 saturated carbocycles. The molecule has 0 aliphatic heterocycles. The van der Waals surface area contributed by atoms with E-state index in [0.717, 1.165) is 23.8 Å². The highest BCUT2D eigenvalue weighted by Gasteiger charge is 2.20. The molecule has 0 saturated heterocycles. The van der Waals surface area contributed by atoms with Gasteiger partial charge >= 0.3 is 0 Å². The van der Waals surface area contributed by atoms with Gasteiger partial charge < -0.3 is 15.2 Å². The van der Waals surface area contributed by atoms with Crippen molar-refractivity contribution in [2.75, 3.05) is 19.7 Å². The van der Waals surface area contributed by atoms with Gasteiger partial charge in [0.05, 0.1) is 0 Å². The summed E-state index contributed by atoms with van der Waals surface area (Å²) >= 11 is 0. The van der Waals surface area contributed by atoms with Crippen LogP contribution in [0, 0.1) is 12.8 Å². The molecule has 1 aliphatic carbocycles. The van der Waals surface area contributed by atoms with Gasteiger partial charge in [-0.05, 0) is 37.4 Å². The summed E-state index contributed by atoms with van der Waals surface area (Å²) in [6.07, 6.45) is 3.58. The molecular formula is C15H23NO2. The van der Waals surface area contributed by atoms with Crippen LogP contribution in [0.15, 0.2) is 24.3 Å². The molecule has 2 N–H and O–H groups in total. The Bertz CT molecular complexity index is 363. The van der Waals surface area contributed by atoms with Gasteiger partial charge in [0, 0.05) is 6.54 Å². The molecule has 0 bridgehead atoms. The molecule has 1 aliphatic rings. The van der Waals surface area contributed by atoms with Gasteiger partial charge in [-0.25, -0.2) is 0 Å². The van der Waals surface area contributed by atoms with E-state index in [2.05, 4.69) is 5.32 Å². The highest BCUT2D eigenvalue weighted by molar-refractivity contribution is 5.31. The van der Waals surface area contributed by atoms with E-state index in [4.69, 9.17) is 4.74 Å². The van der Waals surface area contributed by atoms with Crippen LogP contribution in [-0.4, -0.2) is 30.9 Å². The summed E-state index contributed by atoms with van der Waals surface area (Å²) in [5.74, 6) is 1.80. The molecule has 3 nitrogen and oxygen atoms in total. The maximum Gasteiger partial charge on any atom is 0.122 e. The Hall–Kier alpha value is -1.06. The zero-order valence-corrected chi connectivity index (χ0v) is 11.1. The number of rotatable bonds is 8. The average Bonchev–Trinajstić information content (AvgIpc) is 3.18. The van der Waals surface area contributed by atoms with Crippen molar-refractivity contribution < 1.29 is 9.84 Å². The number of aliphatic hydroxyl groups excluding tert-OH is 1. The van der Waals surface area contributed by atoms with E-state index in [-0.39, 0.29) is 0 Å². The highest BCUT2D eigenvalue weighted by atomic mass is 16.5. The van der Waals surface area contributed by atoms with Crippen molar-refractivity contribution in [3.63, 3.8) is 0 Å². The largest absolute Gasteiger partial charge is 0.491 e. The maximum atomic E-state index is 9.79. The lowest BCUT2D eigenvalue weighted by atomic mass is 10.2. The summed E-state index contributed by atoms with van der Waals surface area (Å²) in [5, 5.41) is 13.1. The summed E-state index contributed by atoms with van der Waals surface area (Å²) in [4.78, 5) is 0. The second-order valence-corrected chi connectivity index (χ2v) is 5.17. The zero-order chi connectivity index (χ0) is 12.8. The van der Waals surface area contributed by atoms with E-state index >= 15 is 0 Å². The third kappa shape index (κ3) is 4.67. The number of hydrogen-bond donors (Lipinski definition) is 2. The molecular weight excluding hydrogens is 226 g/mol. The minimum Gasteiger partial charge on any atom is -0.491 e. The number of benzene rings is 1. The molecule has 0 amide bonds. The Morgan fingerprint density at radius 2 is 2.17 bits per heavy atom. The van der Waals surface area contributed by atoms with E-state index < -0.39 is 6.10 Å². The van der Waals surface area contributed by atoms with Crippen LogP contribution < -0.4 is 10.1 Å². The van der Waals surface area contributed by atoms with Crippen molar-refractivity contribution >= 4 is 0 Å². The monoisotopic (exact) mass is 249 g/mol. The van der Waals surface area contributed by atoms with Crippen molar-refractivity contribution in [3.8, 4) is 5.75 Å². The second kappa shape index (κ2) is 6.76. The summed E-state index contributed by atoms with van der Waals surface area (Å²) in [7, 11) is 0. The first kappa shape index (κ1) is 13.4. The topological polar surface area (TPSA) is 41.5 Å². The van der Waals surface area contributed by atoms with Crippen molar-refractivity contribution in [2.24, 2.45) is 5.92 Å². The van der Waals surface area contributed by atoms with Gasteiger partial charge in [0.15, 0.2) is 0 Å². The van der Waals surface area contributed by atoms with Crippen molar-refractivity contribution in [1.82, 2.24) is 5.32 Å². The lowest BCUT2D eigenvalue weighted by Gasteiger charge is -2.14. The van der Waals surface area contributed by atoms with E-state index in [1.165, 1.54) is 19.3 Å². The number of aryl methyl sites for hydroxylation is 1. The molecule has 100 valence electrons. The first-order valence-electron chi connectivity index (χ1n) is 6.83. The Morgan fingerprint density at radius 1 is 1.39 bits per heavy atom. The number of hydrogen-bond acceptors (Lipinski definition) is 3. The standard InChI is InChI=1S/C15H23NO2/c1-12-4-2-3-5-15(12)18-11-14(17)10-16-9-8-13-6-7-13/h2-5,13-14,16-17H,6-11H2,1H3. The molecule has 1 fully saturated rings. The minimum atomic E-state index is -0.441. The lowest BCUT2D eigenvalue weighted by molar-refractivity contribution is 0.106. The first-order valence-corrected chi connectivity index (χ1v) is 6.83. The van der Waals surface area contributed by atoms with Gasteiger partial charge in [-0.1, -0.05) is 31.0 Å². The molecule has 0 radical (unpaired) electrons. The van der Waals surface area contributed by atoms with Crippen molar-refractivity contribution in [1.29, 1.82) is 0 Å².